The topological polar surface area (TPSA) is 83.5 Å². The monoisotopic (exact) mass is 223 g/mol. The fraction of sp³-hybridized carbons (Fsp3) is 0.417. The van der Waals surface area contributed by atoms with Gasteiger partial charge in [0.1, 0.15) is 6.10 Å². The Hall–Kier alpha value is -1.23. The molecule has 0 aliphatic heterocycles. The number of aliphatic hydroxyl groups is 2. The van der Waals surface area contributed by atoms with Crippen LogP contribution in [0.5, 0.6) is 0 Å². The number of benzene rings is 1. The normalized spacial score (nSPS) is 14.5. The number of ketones is 1. The van der Waals surface area contributed by atoms with Crippen LogP contribution in [0.25, 0.3) is 0 Å². The van der Waals surface area contributed by atoms with Crippen LogP contribution < -0.4 is 5.73 Å². The minimum Gasteiger partial charge on any atom is -0.389 e. The molecule has 1 aromatic rings. The van der Waals surface area contributed by atoms with Gasteiger partial charge in [0.25, 0.3) is 0 Å². The first-order valence-corrected chi connectivity index (χ1v) is 5.29. The van der Waals surface area contributed by atoms with Crippen molar-refractivity contribution in [1.82, 2.24) is 0 Å². The molecule has 2 atom stereocenters. The SMILES string of the molecule is CCC(=O)c1cccc(C(O)C(O)CN)c1. The predicted molar refractivity (Wildman–Crippen MR) is 61.1 cm³/mol. The quantitative estimate of drug-likeness (QED) is 0.639. The van der Waals surface area contributed by atoms with Crippen LogP contribution in [0.3, 0.4) is 0 Å². The van der Waals surface area contributed by atoms with Gasteiger partial charge in [-0.05, 0) is 11.6 Å². The Labute approximate surface area is 94.7 Å². The summed E-state index contributed by atoms with van der Waals surface area (Å²) < 4.78 is 0. The highest BCUT2D eigenvalue weighted by atomic mass is 16.3. The lowest BCUT2D eigenvalue weighted by Gasteiger charge is -2.16. The maximum Gasteiger partial charge on any atom is 0.162 e. The first-order chi connectivity index (χ1) is 7.60. The van der Waals surface area contributed by atoms with E-state index in [0.29, 0.717) is 17.5 Å². The second kappa shape index (κ2) is 5.75. The minimum atomic E-state index is -1.05. The summed E-state index contributed by atoms with van der Waals surface area (Å²) >= 11 is 0. The van der Waals surface area contributed by atoms with Gasteiger partial charge >= 0.3 is 0 Å². The van der Waals surface area contributed by atoms with E-state index in [1.165, 1.54) is 0 Å². The van der Waals surface area contributed by atoms with Gasteiger partial charge in [-0.1, -0.05) is 25.1 Å². The lowest BCUT2D eigenvalue weighted by molar-refractivity contribution is 0.0243. The van der Waals surface area contributed by atoms with Crippen LogP contribution in [0.2, 0.25) is 0 Å². The zero-order valence-corrected chi connectivity index (χ0v) is 9.26. The highest BCUT2D eigenvalue weighted by Gasteiger charge is 2.17. The fourth-order valence-electron chi connectivity index (χ4n) is 1.45. The Morgan fingerprint density at radius 3 is 2.69 bits per heavy atom. The van der Waals surface area contributed by atoms with Crippen LogP contribution in [0.4, 0.5) is 0 Å². The van der Waals surface area contributed by atoms with Gasteiger partial charge in [-0.2, -0.15) is 0 Å². The van der Waals surface area contributed by atoms with E-state index in [-0.39, 0.29) is 12.3 Å². The summed E-state index contributed by atoms with van der Waals surface area (Å²) in [6.45, 7) is 1.76. The Bertz CT molecular complexity index is 365. The van der Waals surface area contributed by atoms with E-state index in [1.54, 1.807) is 31.2 Å². The number of hydrogen-bond donors (Lipinski definition) is 3. The molecule has 0 heterocycles. The van der Waals surface area contributed by atoms with Gasteiger partial charge in [0.2, 0.25) is 0 Å². The van der Waals surface area contributed by atoms with E-state index in [0.717, 1.165) is 0 Å². The summed E-state index contributed by atoms with van der Waals surface area (Å²) in [5.74, 6) is 0.0105. The van der Waals surface area contributed by atoms with E-state index in [9.17, 15) is 15.0 Å². The number of carbonyl (C=O) groups excluding carboxylic acids is 1. The van der Waals surface area contributed by atoms with Gasteiger partial charge < -0.3 is 15.9 Å². The molecule has 0 aliphatic rings. The molecule has 0 amide bonds. The second-order valence-electron chi connectivity index (χ2n) is 3.65. The maximum atomic E-state index is 11.5. The van der Waals surface area contributed by atoms with Gasteiger partial charge in [-0.15, -0.1) is 0 Å². The molecule has 0 spiro atoms. The third-order valence-corrected chi connectivity index (χ3v) is 2.48. The summed E-state index contributed by atoms with van der Waals surface area (Å²) in [7, 11) is 0. The van der Waals surface area contributed by atoms with Crippen LogP contribution >= 0.6 is 0 Å². The average Bonchev–Trinajstić information content (AvgIpc) is 2.36. The van der Waals surface area contributed by atoms with Crippen LogP contribution in [-0.2, 0) is 0 Å². The standard InChI is InChI=1S/C12H17NO3/c1-2-10(14)8-4-3-5-9(6-8)12(16)11(15)7-13/h3-6,11-12,15-16H,2,7,13H2,1H3. The van der Waals surface area contributed by atoms with Crippen molar-refractivity contribution in [1.29, 1.82) is 0 Å². The number of carbonyl (C=O) groups is 1. The summed E-state index contributed by atoms with van der Waals surface area (Å²) in [6.07, 6.45) is -1.64. The Morgan fingerprint density at radius 1 is 1.44 bits per heavy atom. The van der Waals surface area contributed by atoms with Gasteiger partial charge in [0, 0.05) is 18.5 Å². The van der Waals surface area contributed by atoms with Crippen molar-refractivity contribution >= 4 is 5.78 Å². The molecule has 0 aromatic heterocycles. The van der Waals surface area contributed by atoms with E-state index in [2.05, 4.69) is 0 Å². The Morgan fingerprint density at radius 2 is 2.12 bits per heavy atom. The van der Waals surface area contributed by atoms with Crippen LogP contribution in [0, 0.1) is 0 Å². The Kier molecular flexibility index (Phi) is 4.61. The number of Topliss-reactive ketones (excluding diaryl/α,β-unsaturated/α-hetero) is 1. The molecular weight excluding hydrogens is 206 g/mol. The van der Waals surface area contributed by atoms with Gasteiger partial charge in [0.15, 0.2) is 5.78 Å². The third-order valence-electron chi connectivity index (χ3n) is 2.48. The molecule has 1 rings (SSSR count). The Balaban J connectivity index is 2.94. The number of nitrogens with two attached hydrogens (primary N) is 1. The van der Waals surface area contributed by atoms with Crippen LogP contribution in [-0.4, -0.2) is 28.6 Å². The van der Waals surface area contributed by atoms with Crippen molar-refractivity contribution in [2.45, 2.75) is 25.6 Å². The lowest BCUT2D eigenvalue weighted by Crippen LogP contribution is -2.27. The molecule has 88 valence electrons. The predicted octanol–water partition coefficient (Wildman–Crippen LogP) is 0.632. The molecular formula is C12H17NO3. The molecule has 0 fully saturated rings. The minimum absolute atomic E-state index is 0.0105. The van der Waals surface area contributed by atoms with E-state index >= 15 is 0 Å². The van der Waals surface area contributed by atoms with Gasteiger partial charge in [-0.25, -0.2) is 0 Å². The molecule has 2 unspecified atom stereocenters. The number of aliphatic hydroxyl groups excluding tert-OH is 2. The molecule has 4 N–H and O–H groups in total. The zero-order valence-electron chi connectivity index (χ0n) is 9.26. The summed E-state index contributed by atoms with van der Waals surface area (Å²) in [6, 6.07) is 6.63. The molecule has 0 saturated carbocycles. The summed E-state index contributed by atoms with van der Waals surface area (Å²) in [5, 5.41) is 19.1. The van der Waals surface area contributed by atoms with Gasteiger partial charge in [0.05, 0.1) is 6.10 Å². The van der Waals surface area contributed by atoms with Crippen molar-refractivity contribution in [2.24, 2.45) is 5.73 Å². The molecule has 0 radical (unpaired) electrons. The highest BCUT2D eigenvalue weighted by molar-refractivity contribution is 5.95. The summed E-state index contributed by atoms with van der Waals surface area (Å²) in [4.78, 5) is 11.5. The number of rotatable bonds is 5. The van der Waals surface area contributed by atoms with Crippen molar-refractivity contribution in [3.63, 3.8) is 0 Å². The van der Waals surface area contributed by atoms with Crippen LogP contribution in [0.15, 0.2) is 24.3 Å². The zero-order chi connectivity index (χ0) is 12.1. The van der Waals surface area contributed by atoms with Gasteiger partial charge in [-0.3, -0.25) is 4.79 Å². The third kappa shape index (κ3) is 2.88. The molecule has 0 bridgehead atoms. The molecule has 1 aromatic carbocycles. The fourth-order valence-corrected chi connectivity index (χ4v) is 1.45. The van der Waals surface area contributed by atoms with Crippen molar-refractivity contribution in [2.75, 3.05) is 6.54 Å². The van der Waals surface area contributed by atoms with Crippen LogP contribution in [0.1, 0.15) is 35.4 Å². The smallest absolute Gasteiger partial charge is 0.162 e. The molecule has 0 saturated heterocycles. The van der Waals surface area contributed by atoms with Crippen molar-refractivity contribution in [3.8, 4) is 0 Å². The summed E-state index contributed by atoms with van der Waals surface area (Å²) in [5.41, 5.74) is 6.31. The lowest BCUT2D eigenvalue weighted by atomic mass is 10.00. The molecule has 0 aliphatic carbocycles. The van der Waals surface area contributed by atoms with E-state index in [4.69, 9.17) is 5.73 Å². The van der Waals surface area contributed by atoms with E-state index in [1.807, 2.05) is 0 Å². The first-order valence-electron chi connectivity index (χ1n) is 5.29. The largest absolute Gasteiger partial charge is 0.389 e. The van der Waals surface area contributed by atoms with E-state index < -0.39 is 12.2 Å². The maximum absolute atomic E-state index is 11.5. The average molecular weight is 223 g/mol. The number of hydrogen-bond acceptors (Lipinski definition) is 4. The second-order valence-corrected chi connectivity index (χ2v) is 3.65. The first kappa shape index (κ1) is 12.8. The molecule has 16 heavy (non-hydrogen) atoms. The molecule has 4 heteroatoms. The molecule has 4 nitrogen and oxygen atoms in total. The van der Waals surface area contributed by atoms with Crippen molar-refractivity contribution < 1.29 is 15.0 Å². The van der Waals surface area contributed by atoms with Crippen molar-refractivity contribution in [3.05, 3.63) is 35.4 Å². The highest BCUT2D eigenvalue weighted by Crippen LogP contribution is 2.18.